The lowest BCUT2D eigenvalue weighted by Gasteiger charge is -2.40. The first kappa shape index (κ1) is 14.8. The second-order valence-corrected chi connectivity index (χ2v) is 4.89. The molecule has 1 fully saturated rings. The Morgan fingerprint density at radius 1 is 1.50 bits per heavy atom. The second-order valence-electron chi connectivity index (χ2n) is 4.89. The van der Waals surface area contributed by atoms with Gasteiger partial charge in [0.25, 0.3) is 0 Å². The van der Waals surface area contributed by atoms with Crippen LogP contribution in [0.2, 0.25) is 0 Å². The van der Waals surface area contributed by atoms with Crippen molar-refractivity contribution in [1.29, 1.82) is 0 Å². The summed E-state index contributed by atoms with van der Waals surface area (Å²) in [6.07, 6.45) is 4.92. The molecule has 2 atom stereocenters. The maximum Gasteiger partial charge on any atom is 0.373 e. The lowest BCUT2D eigenvalue weighted by Crippen LogP contribution is -2.36. The minimum atomic E-state index is 0.250. The van der Waals surface area contributed by atoms with E-state index in [-0.39, 0.29) is 11.6 Å². The Balaban J connectivity index is 0.000000673. The average Bonchev–Trinajstić information content (AvgIpc) is 2.22. The number of hydrogen-bond donors (Lipinski definition) is 0. The van der Waals surface area contributed by atoms with Crippen LogP contribution in [0.5, 0.6) is 0 Å². The lowest BCUT2D eigenvalue weighted by molar-refractivity contribution is -0.191. The highest BCUT2D eigenvalue weighted by atomic mass is 16.2. The summed E-state index contributed by atoms with van der Waals surface area (Å²) in [5, 5.41) is 0. The topological polar surface area (TPSA) is 51.2 Å². The average molecular weight is 224 g/mol. The molecule has 0 heterocycles. The highest BCUT2D eigenvalue weighted by molar-refractivity contribution is 5.82. The van der Waals surface area contributed by atoms with Gasteiger partial charge in [-0.05, 0) is 24.2 Å². The standard InChI is InChI=1S/C12H20O.CO2/c1-5-9-8-12(3,4)10(6-2)7-11(9)13;2-1-3/h6,9-10H,2,5,7-8H2,1,3-4H3;. The van der Waals surface area contributed by atoms with Gasteiger partial charge in [-0.25, -0.2) is 0 Å². The molecular weight excluding hydrogens is 204 g/mol. The third kappa shape index (κ3) is 3.74. The van der Waals surface area contributed by atoms with Gasteiger partial charge in [0.15, 0.2) is 0 Å². The Hall–Kier alpha value is -1.21. The largest absolute Gasteiger partial charge is 0.373 e. The Morgan fingerprint density at radius 3 is 2.38 bits per heavy atom. The molecule has 0 amide bonds. The zero-order valence-electron chi connectivity index (χ0n) is 10.3. The third-order valence-corrected chi connectivity index (χ3v) is 3.43. The van der Waals surface area contributed by atoms with Gasteiger partial charge in [0, 0.05) is 12.3 Å². The summed E-state index contributed by atoms with van der Waals surface area (Å²) in [7, 11) is 0. The van der Waals surface area contributed by atoms with Crippen molar-refractivity contribution in [2.45, 2.75) is 40.0 Å². The highest BCUT2D eigenvalue weighted by Gasteiger charge is 2.38. The van der Waals surface area contributed by atoms with Crippen molar-refractivity contribution in [2.24, 2.45) is 17.3 Å². The van der Waals surface area contributed by atoms with Gasteiger partial charge < -0.3 is 0 Å². The quantitative estimate of drug-likeness (QED) is 0.677. The predicted molar refractivity (Wildman–Crippen MR) is 60.5 cm³/mol. The van der Waals surface area contributed by atoms with E-state index >= 15 is 0 Å². The van der Waals surface area contributed by atoms with Crippen LogP contribution in [-0.4, -0.2) is 11.9 Å². The second kappa shape index (κ2) is 6.39. The van der Waals surface area contributed by atoms with E-state index in [2.05, 4.69) is 27.4 Å². The maximum absolute atomic E-state index is 11.6. The summed E-state index contributed by atoms with van der Waals surface area (Å²) < 4.78 is 0. The van der Waals surface area contributed by atoms with Crippen molar-refractivity contribution in [3.05, 3.63) is 12.7 Å². The van der Waals surface area contributed by atoms with Crippen LogP contribution >= 0.6 is 0 Å². The summed E-state index contributed by atoms with van der Waals surface area (Å²) in [6, 6.07) is 0. The molecule has 0 aromatic rings. The molecule has 0 spiro atoms. The van der Waals surface area contributed by atoms with Gasteiger partial charge in [0.1, 0.15) is 5.78 Å². The molecule has 1 aliphatic rings. The Labute approximate surface area is 96.9 Å². The van der Waals surface area contributed by atoms with Crippen LogP contribution in [0.15, 0.2) is 12.7 Å². The first-order chi connectivity index (χ1) is 7.42. The Kier molecular flexibility index (Phi) is 5.91. The van der Waals surface area contributed by atoms with Gasteiger partial charge in [-0.2, -0.15) is 9.59 Å². The van der Waals surface area contributed by atoms with Crippen LogP contribution in [-0.2, 0) is 14.4 Å². The molecule has 0 saturated heterocycles. The van der Waals surface area contributed by atoms with Crippen molar-refractivity contribution in [3.8, 4) is 0 Å². The van der Waals surface area contributed by atoms with Crippen molar-refractivity contribution >= 4 is 11.9 Å². The van der Waals surface area contributed by atoms with Gasteiger partial charge >= 0.3 is 6.15 Å². The number of ketones is 1. The summed E-state index contributed by atoms with van der Waals surface area (Å²) in [5.74, 6) is 1.11. The van der Waals surface area contributed by atoms with E-state index in [0.717, 1.165) is 12.8 Å². The number of carbonyl (C=O) groups excluding carboxylic acids is 3. The molecular formula is C13H20O3. The van der Waals surface area contributed by atoms with Gasteiger partial charge in [-0.1, -0.05) is 26.8 Å². The molecule has 1 saturated carbocycles. The SMILES string of the molecule is C=CC1CC(=O)C(CC)CC1(C)C.O=C=O. The maximum atomic E-state index is 11.6. The molecule has 0 bridgehead atoms. The minimum absolute atomic E-state index is 0.250. The van der Waals surface area contributed by atoms with E-state index in [4.69, 9.17) is 9.59 Å². The van der Waals surface area contributed by atoms with Crippen LogP contribution in [0.1, 0.15) is 40.0 Å². The van der Waals surface area contributed by atoms with E-state index in [1.807, 2.05) is 6.08 Å². The van der Waals surface area contributed by atoms with Gasteiger partial charge in [-0.3, -0.25) is 4.79 Å². The number of allylic oxidation sites excluding steroid dienone is 1. The molecule has 16 heavy (non-hydrogen) atoms. The van der Waals surface area contributed by atoms with Gasteiger partial charge in [0.2, 0.25) is 0 Å². The molecule has 0 aromatic heterocycles. The highest BCUT2D eigenvalue weighted by Crippen LogP contribution is 2.43. The first-order valence-corrected chi connectivity index (χ1v) is 5.57. The van der Waals surface area contributed by atoms with E-state index in [1.165, 1.54) is 0 Å². The normalized spacial score (nSPS) is 27.3. The molecule has 0 N–H and O–H groups in total. The molecule has 90 valence electrons. The van der Waals surface area contributed by atoms with Crippen LogP contribution in [0, 0.1) is 17.3 Å². The fraction of sp³-hybridized carbons (Fsp3) is 0.692. The smallest absolute Gasteiger partial charge is 0.299 e. The van der Waals surface area contributed by atoms with Gasteiger partial charge in [-0.15, -0.1) is 6.58 Å². The van der Waals surface area contributed by atoms with Crippen molar-refractivity contribution in [2.75, 3.05) is 0 Å². The zero-order valence-corrected chi connectivity index (χ0v) is 10.3. The van der Waals surface area contributed by atoms with Crippen LogP contribution < -0.4 is 0 Å². The monoisotopic (exact) mass is 224 g/mol. The fourth-order valence-electron chi connectivity index (χ4n) is 2.33. The third-order valence-electron chi connectivity index (χ3n) is 3.43. The van der Waals surface area contributed by atoms with Crippen molar-refractivity contribution < 1.29 is 14.4 Å². The summed E-state index contributed by atoms with van der Waals surface area (Å²) >= 11 is 0. The first-order valence-electron chi connectivity index (χ1n) is 5.57. The van der Waals surface area contributed by atoms with Crippen molar-refractivity contribution in [3.63, 3.8) is 0 Å². The van der Waals surface area contributed by atoms with Crippen molar-refractivity contribution in [1.82, 2.24) is 0 Å². The number of rotatable bonds is 2. The molecule has 3 heteroatoms. The van der Waals surface area contributed by atoms with Gasteiger partial charge in [0.05, 0.1) is 0 Å². The molecule has 0 aliphatic heterocycles. The molecule has 1 aliphatic carbocycles. The Bertz CT molecular complexity index is 286. The fourth-order valence-corrected chi connectivity index (χ4v) is 2.33. The summed E-state index contributed by atoms with van der Waals surface area (Å²) in [6.45, 7) is 10.4. The van der Waals surface area contributed by atoms with Crippen LogP contribution in [0.4, 0.5) is 0 Å². The van der Waals surface area contributed by atoms with Crippen LogP contribution in [0.3, 0.4) is 0 Å². The minimum Gasteiger partial charge on any atom is -0.299 e. The number of hydrogen-bond acceptors (Lipinski definition) is 3. The van der Waals surface area contributed by atoms with E-state index in [9.17, 15) is 4.79 Å². The van der Waals surface area contributed by atoms with E-state index in [0.29, 0.717) is 24.0 Å². The van der Waals surface area contributed by atoms with E-state index in [1.54, 1.807) is 0 Å². The number of Topliss-reactive ketones (excluding diaryl/α,β-unsaturated/α-hetero) is 1. The number of carbonyl (C=O) groups is 1. The zero-order chi connectivity index (χ0) is 12.8. The molecule has 0 aromatic carbocycles. The molecule has 0 radical (unpaired) electrons. The van der Waals surface area contributed by atoms with E-state index < -0.39 is 0 Å². The molecule has 3 nitrogen and oxygen atoms in total. The van der Waals surface area contributed by atoms with Crippen LogP contribution in [0.25, 0.3) is 0 Å². The summed E-state index contributed by atoms with van der Waals surface area (Å²) in [4.78, 5) is 27.9. The summed E-state index contributed by atoms with van der Waals surface area (Å²) in [5.41, 5.74) is 0.260. The predicted octanol–water partition coefficient (Wildman–Crippen LogP) is 2.62. The molecule has 1 rings (SSSR count). The molecule has 2 unspecified atom stereocenters. The Morgan fingerprint density at radius 2 is 2.00 bits per heavy atom. The lowest BCUT2D eigenvalue weighted by atomic mass is 9.64.